The molecule has 0 saturated heterocycles. The van der Waals surface area contributed by atoms with Crippen molar-refractivity contribution in [2.24, 2.45) is 5.18 Å². The van der Waals surface area contributed by atoms with Crippen LogP contribution in [-0.2, 0) is 9.59 Å². The number of nitrogens with zero attached hydrogens (tertiary/aromatic N) is 1. The average molecular weight is 143 g/mol. The van der Waals surface area contributed by atoms with Crippen LogP contribution in [0.5, 0.6) is 0 Å². The Hall–Kier alpha value is -1.06. The third-order valence-electron chi connectivity index (χ3n) is 1.06. The van der Waals surface area contributed by atoms with E-state index in [2.05, 4.69) is 5.18 Å². The molecule has 1 amide bonds. The lowest BCUT2D eigenvalue weighted by atomic mass is 10.2. The van der Waals surface area contributed by atoms with E-state index in [4.69, 9.17) is 0 Å². The molecule has 0 aromatic carbocycles. The summed E-state index contributed by atoms with van der Waals surface area (Å²) in [6.45, 7) is 0. The number of hydrogen-bond donors (Lipinski definition) is 0. The monoisotopic (exact) mass is 143 g/mol. The predicted molar refractivity (Wildman–Crippen MR) is 35.3 cm³/mol. The molecule has 0 atom stereocenters. The smallest absolute Gasteiger partial charge is 0.286 e. The van der Waals surface area contributed by atoms with Gasteiger partial charge in [0, 0.05) is 18.0 Å². The number of rotatable bonds is 5. The van der Waals surface area contributed by atoms with Gasteiger partial charge in [0.25, 0.3) is 5.91 Å². The van der Waals surface area contributed by atoms with Gasteiger partial charge in [-0.2, -0.15) is 0 Å². The lowest BCUT2D eigenvalue weighted by Crippen LogP contribution is -1.90. The van der Waals surface area contributed by atoms with Crippen molar-refractivity contribution in [2.45, 2.75) is 25.7 Å². The lowest BCUT2D eigenvalue weighted by molar-refractivity contribution is -0.118. The first-order chi connectivity index (χ1) is 4.81. The van der Waals surface area contributed by atoms with Crippen LogP contribution in [0.3, 0.4) is 0 Å². The van der Waals surface area contributed by atoms with E-state index < -0.39 is 5.91 Å². The summed E-state index contributed by atoms with van der Waals surface area (Å²) in [5.41, 5.74) is 0. The summed E-state index contributed by atoms with van der Waals surface area (Å²) in [5, 5.41) is 2.21. The Morgan fingerprint density at radius 3 is 2.60 bits per heavy atom. The SMILES string of the molecule is O=CCCCCC(=O)N=O. The van der Waals surface area contributed by atoms with Gasteiger partial charge < -0.3 is 4.79 Å². The van der Waals surface area contributed by atoms with Gasteiger partial charge in [0.15, 0.2) is 0 Å². The Morgan fingerprint density at radius 2 is 2.10 bits per heavy atom. The molecule has 0 aliphatic rings. The van der Waals surface area contributed by atoms with Gasteiger partial charge in [-0.3, -0.25) is 4.79 Å². The standard InChI is InChI=1S/C6H9NO3/c8-5-3-1-2-4-6(9)7-10/h5H,1-4H2. The van der Waals surface area contributed by atoms with Gasteiger partial charge in [0.2, 0.25) is 0 Å². The lowest BCUT2D eigenvalue weighted by Gasteiger charge is -1.88. The van der Waals surface area contributed by atoms with Gasteiger partial charge in [-0.15, -0.1) is 4.91 Å². The Morgan fingerprint density at radius 1 is 1.40 bits per heavy atom. The molecule has 0 spiro atoms. The van der Waals surface area contributed by atoms with Crippen molar-refractivity contribution in [3.05, 3.63) is 4.91 Å². The van der Waals surface area contributed by atoms with Crippen molar-refractivity contribution in [3.8, 4) is 0 Å². The second-order valence-electron chi connectivity index (χ2n) is 1.90. The number of unbranched alkanes of at least 4 members (excludes halogenated alkanes) is 2. The molecule has 0 aliphatic heterocycles. The fourth-order valence-corrected chi connectivity index (χ4v) is 0.550. The van der Waals surface area contributed by atoms with Crippen molar-refractivity contribution >= 4 is 12.2 Å². The van der Waals surface area contributed by atoms with E-state index in [-0.39, 0.29) is 6.42 Å². The summed E-state index contributed by atoms with van der Waals surface area (Å²) in [6, 6.07) is 0. The van der Waals surface area contributed by atoms with Gasteiger partial charge in [-0.25, -0.2) is 0 Å². The van der Waals surface area contributed by atoms with Crippen molar-refractivity contribution < 1.29 is 9.59 Å². The number of nitroso groups, excluding NO2 is 1. The molecule has 0 saturated carbocycles. The summed E-state index contributed by atoms with van der Waals surface area (Å²) >= 11 is 0. The van der Waals surface area contributed by atoms with Crippen LogP contribution in [0.2, 0.25) is 0 Å². The molecular weight excluding hydrogens is 134 g/mol. The highest BCUT2D eigenvalue weighted by Gasteiger charge is 1.98. The molecule has 0 N–H and O–H groups in total. The quantitative estimate of drug-likeness (QED) is 0.328. The van der Waals surface area contributed by atoms with Crippen LogP contribution >= 0.6 is 0 Å². The molecule has 0 aliphatic carbocycles. The predicted octanol–water partition coefficient (Wildman–Crippen LogP) is 1.04. The fourth-order valence-electron chi connectivity index (χ4n) is 0.550. The largest absolute Gasteiger partial charge is 0.303 e. The number of carbonyl (C=O) groups is 2. The molecule has 0 fully saturated rings. The number of amides is 1. The highest BCUT2D eigenvalue weighted by molar-refractivity contribution is 5.76. The second-order valence-corrected chi connectivity index (χ2v) is 1.90. The van der Waals surface area contributed by atoms with Crippen LogP contribution in [0, 0.1) is 4.91 Å². The zero-order valence-corrected chi connectivity index (χ0v) is 5.58. The van der Waals surface area contributed by atoms with E-state index in [1.54, 1.807) is 0 Å². The van der Waals surface area contributed by atoms with E-state index in [9.17, 15) is 14.5 Å². The summed E-state index contributed by atoms with van der Waals surface area (Å²) in [7, 11) is 0. The number of carbonyl (C=O) groups excluding carboxylic acids is 2. The second kappa shape index (κ2) is 6.07. The summed E-state index contributed by atoms with van der Waals surface area (Å²) in [5.74, 6) is -0.633. The zero-order valence-electron chi connectivity index (χ0n) is 5.58. The number of hydrogen-bond acceptors (Lipinski definition) is 3. The van der Waals surface area contributed by atoms with Gasteiger partial charge in [0.05, 0.1) is 0 Å². The summed E-state index contributed by atoms with van der Waals surface area (Å²) in [4.78, 5) is 29.5. The minimum atomic E-state index is -0.633. The molecule has 0 bridgehead atoms. The Labute approximate surface area is 58.6 Å². The molecular formula is C6H9NO3. The molecule has 0 heterocycles. The third kappa shape index (κ3) is 5.08. The maximum Gasteiger partial charge on any atom is 0.286 e. The van der Waals surface area contributed by atoms with Crippen LogP contribution < -0.4 is 0 Å². The van der Waals surface area contributed by atoms with Crippen LogP contribution in [-0.4, -0.2) is 12.2 Å². The maximum atomic E-state index is 10.2. The van der Waals surface area contributed by atoms with Crippen molar-refractivity contribution in [1.29, 1.82) is 0 Å². The van der Waals surface area contributed by atoms with Gasteiger partial charge >= 0.3 is 0 Å². The van der Waals surface area contributed by atoms with Gasteiger partial charge in [-0.05, 0) is 12.8 Å². The molecule has 0 radical (unpaired) electrons. The molecule has 0 unspecified atom stereocenters. The Balaban J connectivity index is 3.11. The Kier molecular flexibility index (Phi) is 5.42. The fraction of sp³-hybridized carbons (Fsp3) is 0.667. The third-order valence-corrected chi connectivity index (χ3v) is 1.06. The molecule has 0 aromatic heterocycles. The Bertz CT molecular complexity index is 133. The highest BCUT2D eigenvalue weighted by Crippen LogP contribution is 1.98. The first kappa shape index (κ1) is 8.94. The molecule has 56 valence electrons. The van der Waals surface area contributed by atoms with Crippen LogP contribution in [0.4, 0.5) is 0 Å². The minimum absolute atomic E-state index is 0.164. The van der Waals surface area contributed by atoms with E-state index in [0.29, 0.717) is 19.3 Å². The van der Waals surface area contributed by atoms with Crippen LogP contribution in [0.25, 0.3) is 0 Å². The van der Waals surface area contributed by atoms with Crippen molar-refractivity contribution in [1.82, 2.24) is 0 Å². The van der Waals surface area contributed by atoms with E-state index in [1.165, 1.54) is 0 Å². The van der Waals surface area contributed by atoms with Crippen molar-refractivity contribution in [2.75, 3.05) is 0 Å². The molecule has 0 rings (SSSR count). The molecule has 10 heavy (non-hydrogen) atoms. The highest BCUT2D eigenvalue weighted by atomic mass is 16.3. The molecule has 4 nitrogen and oxygen atoms in total. The summed E-state index contributed by atoms with van der Waals surface area (Å²) < 4.78 is 0. The van der Waals surface area contributed by atoms with E-state index in [0.717, 1.165) is 6.29 Å². The zero-order chi connectivity index (χ0) is 7.82. The van der Waals surface area contributed by atoms with E-state index >= 15 is 0 Å². The number of aldehydes is 1. The minimum Gasteiger partial charge on any atom is -0.303 e. The van der Waals surface area contributed by atoms with Gasteiger partial charge in [0.1, 0.15) is 6.29 Å². The van der Waals surface area contributed by atoms with Gasteiger partial charge in [-0.1, -0.05) is 0 Å². The van der Waals surface area contributed by atoms with Crippen LogP contribution in [0.15, 0.2) is 5.18 Å². The van der Waals surface area contributed by atoms with E-state index in [1.807, 2.05) is 0 Å². The first-order valence-corrected chi connectivity index (χ1v) is 3.11. The van der Waals surface area contributed by atoms with Crippen molar-refractivity contribution in [3.63, 3.8) is 0 Å². The first-order valence-electron chi connectivity index (χ1n) is 3.11. The van der Waals surface area contributed by atoms with Crippen LogP contribution in [0.1, 0.15) is 25.7 Å². The molecule has 0 aromatic rings. The molecule has 4 heteroatoms. The average Bonchev–Trinajstić information content (AvgIpc) is 1.98. The maximum absolute atomic E-state index is 10.2. The normalized spacial score (nSPS) is 8.80. The topological polar surface area (TPSA) is 63.6 Å². The summed E-state index contributed by atoms with van der Waals surface area (Å²) in [6.07, 6.45) is 2.64.